The highest BCUT2D eigenvalue weighted by atomic mass is 16.5. The lowest BCUT2D eigenvalue weighted by Gasteiger charge is -2.12. The highest BCUT2D eigenvalue weighted by Crippen LogP contribution is 2.35. The number of rotatable bonds is 7. The third-order valence-corrected chi connectivity index (χ3v) is 6.57. The predicted molar refractivity (Wildman–Crippen MR) is 144 cm³/mol. The summed E-state index contributed by atoms with van der Waals surface area (Å²) in [5, 5.41) is 15.3. The van der Waals surface area contributed by atoms with E-state index in [0.29, 0.717) is 6.61 Å². The fraction of sp³-hybridized carbons (Fsp3) is 0.194. The minimum atomic E-state index is -1.03. The van der Waals surface area contributed by atoms with Gasteiger partial charge in [0.25, 0.3) is 0 Å². The Labute approximate surface area is 215 Å². The Morgan fingerprint density at radius 3 is 2.32 bits per heavy atom. The van der Waals surface area contributed by atoms with Crippen LogP contribution in [0.5, 0.6) is 5.75 Å². The normalized spacial score (nSPS) is 11.3. The van der Waals surface area contributed by atoms with Gasteiger partial charge in [-0.1, -0.05) is 61.5 Å². The molecule has 0 aliphatic carbocycles. The topological polar surface area (TPSA) is 85.5 Å². The molecule has 2 heterocycles. The van der Waals surface area contributed by atoms with Gasteiger partial charge in [0.1, 0.15) is 29.5 Å². The molecule has 0 saturated carbocycles. The number of fused-ring (bicyclic) bond motifs is 1. The Morgan fingerprint density at radius 2 is 1.65 bits per heavy atom. The average molecular weight is 493 g/mol. The zero-order valence-electron chi connectivity index (χ0n) is 21.3. The number of carboxylic acids is 1. The van der Waals surface area contributed by atoms with Crippen molar-refractivity contribution in [3.05, 3.63) is 101 Å². The van der Waals surface area contributed by atoms with Crippen molar-refractivity contribution in [1.82, 2.24) is 10.1 Å². The van der Waals surface area contributed by atoms with E-state index >= 15 is 0 Å². The molecule has 37 heavy (non-hydrogen) atoms. The molecule has 0 amide bonds. The first-order valence-electron chi connectivity index (χ1n) is 12.2. The molecule has 6 heteroatoms. The molecule has 0 saturated heterocycles. The first-order chi connectivity index (χ1) is 17.8. The summed E-state index contributed by atoms with van der Waals surface area (Å²) < 4.78 is 12.0. The number of hydrogen-bond donors (Lipinski definition) is 1. The van der Waals surface area contributed by atoms with Gasteiger partial charge < -0.3 is 14.4 Å². The first-order valence-corrected chi connectivity index (χ1v) is 12.2. The summed E-state index contributed by atoms with van der Waals surface area (Å²) in [4.78, 5) is 15.2. The summed E-state index contributed by atoms with van der Waals surface area (Å²) in [6.07, 6.45) is 1.60. The summed E-state index contributed by atoms with van der Waals surface area (Å²) in [5.74, 6) is 0.737. The maximum absolute atomic E-state index is 11.2. The van der Waals surface area contributed by atoms with Gasteiger partial charge in [-0.2, -0.15) is 0 Å². The van der Waals surface area contributed by atoms with Crippen LogP contribution < -0.4 is 4.74 Å². The number of aromatic nitrogens is 2. The molecule has 5 aromatic rings. The molecule has 0 atom stereocenters. The van der Waals surface area contributed by atoms with Crippen LogP contribution in [-0.4, -0.2) is 21.2 Å². The molecule has 0 spiro atoms. The summed E-state index contributed by atoms with van der Waals surface area (Å²) >= 11 is 0. The maximum atomic E-state index is 11.2. The van der Waals surface area contributed by atoms with Crippen molar-refractivity contribution in [3.63, 3.8) is 0 Å². The molecule has 5 rings (SSSR count). The zero-order chi connectivity index (χ0) is 26.1. The third-order valence-electron chi connectivity index (χ3n) is 6.57. The van der Waals surface area contributed by atoms with Crippen molar-refractivity contribution in [2.45, 2.75) is 40.2 Å². The number of carboxylic acid groups (broad SMARTS) is 1. The highest BCUT2D eigenvalue weighted by Gasteiger charge is 2.22. The van der Waals surface area contributed by atoms with E-state index in [-0.39, 0.29) is 11.6 Å². The SMILES string of the molecule is Cc1cccc(C)c1-c1noc(C(C)C)c1COc1ccc(-c2ccc3cc(C(=O)O)ncc3c2)cc1. The quantitative estimate of drug-likeness (QED) is 0.252. The Kier molecular flexibility index (Phi) is 6.49. The lowest BCUT2D eigenvalue weighted by atomic mass is 9.95. The smallest absolute Gasteiger partial charge is 0.354 e. The van der Waals surface area contributed by atoms with Crippen LogP contribution in [0.1, 0.15) is 52.7 Å². The second-order valence-electron chi connectivity index (χ2n) is 9.55. The van der Waals surface area contributed by atoms with E-state index in [0.717, 1.165) is 61.4 Å². The second kappa shape index (κ2) is 9.90. The van der Waals surface area contributed by atoms with Crippen LogP contribution in [0.2, 0.25) is 0 Å². The molecule has 0 aliphatic heterocycles. The van der Waals surface area contributed by atoms with E-state index < -0.39 is 5.97 Å². The highest BCUT2D eigenvalue weighted by molar-refractivity contribution is 5.93. The fourth-order valence-electron chi connectivity index (χ4n) is 4.64. The van der Waals surface area contributed by atoms with E-state index in [1.54, 1.807) is 12.3 Å². The average Bonchev–Trinajstić information content (AvgIpc) is 3.31. The van der Waals surface area contributed by atoms with Gasteiger partial charge in [-0.25, -0.2) is 9.78 Å². The number of hydrogen-bond acceptors (Lipinski definition) is 5. The van der Waals surface area contributed by atoms with Crippen LogP contribution >= 0.6 is 0 Å². The molecule has 0 bridgehead atoms. The molecule has 6 nitrogen and oxygen atoms in total. The fourth-order valence-corrected chi connectivity index (χ4v) is 4.64. The number of nitrogens with zero attached hydrogens (tertiary/aromatic N) is 2. The van der Waals surface area contributed by atoms with Gasteiger partial charge in [0.2, 0.25) is 0 Å². The molecular weight excluding hydrogens is 464 g/mol. The van der Waals surface area contributed by atoms with Crippen LogP contribution in [0.4, 0.5) is 0 Å². The van der Waals surface area contributed by atoms with Crippen LogP contribution in [0, 0.1) is 13.8 Å². The van der Waals surface area contributed by atoms with Crippen LogP contribution in [0.3, 0.4) is 0 Å². The van der Waals surface area contributed by atoms with Crippen molar-refractivity contribution in [1.29, 1.82) is 0 Å². The van der Waals surface area contributed by atoms with Gasteiger partial charge in [0.05, 0.1) is 5.56 Å². The maximum Gasteiger partial charge on any atom is 0.354 e. The van der Waals surface area contributed by atoms with Crippen molar-refractivity contribution in [2.24, 2.45) is 0 Å². The Hall–Kier alpha value is -4.45. The molecule has 1 N–H and O–H groups in total. The van der Waals surface area contributed by atoms with Gasteiger partial charge in [-0.15, -0.1) is 0 Å². The zero-order valence-corrected chi connectivity index (χ0v) is 21.3. The minimum absolute atomic E-state index is 0.0379. The van der Waals surface area contributed by atoms with Gasteiger partial charge in [-0.3, -0.25) is 0 Å². The molecule has 0 fully saturated rings. The van der Waals surface area contributed by atoms with Crippen molar-refractivity contribution >= 4 is 16.7 Å². The van der Waals surface area contributed by atoms with Crippen molar-refractivity contribution in [2.75, 3.05) is 0 Å². The number of ether oxygens (including phenoxy) is 1. The lowest BCUT2D eigenvalue weighted by Crippen LogP contribution is -2.02. The van der Waals surface area contributed by atoms with Gasteiger partial charge in [0, 0.05) is 23.1 Å². The molecule has 0 unspecified atom stereocenters. The summed E-state index contributed by atoms with van der Waals surface area (Å²) in [6, 6.07) is 21.6. The molecule has 186 valence electrons. The van der Waals surface area contributed by atoms with E-state index in [2.05, 4.69) is 56.0 Å². The number of aromatic carboxylic acids is 1. The van der Waals surface area contributed by atoms with Gasteiger partial charge >= 0.3 is 5.97 Å². The van der Waals surface area contributed by atoms with Crippen LogP contribution in [-0.2, 0) is 6.61 Å². The minimum Gasteiger partial charge on any atom is -0.489 e. The third kappa shape index (κ3) is 4.83. The summed E-state index contributed by atoms with van der Waals surface area (Å²) in [5.41, 5.74) is 7.29. The number of carbonyl (C=O) groups is 1. The Balaban J connectivity index is 1.38. The lowest BCUT2D eigenvalue weighted by molar-refractivity contribution is 0.0690. The van der Waals surface area contributed by atoms with E-state index in [4.69, 9.17) is 14.4 Å². The Morgan fingerprint density at radius 1 is 0.946 bits per heavy atom. The van der Waals surface area contributed by atoms with Gasteiger partial charge in [0.15, 0.2) is 0 Å². The van der Waals surface area contributed by atoms with E-state index in [1.165, 1.54) is 0 Å². The molecule has 3 aromatic carbocycles. The monoisotopic (exact) mass is 492 g/mol. The number of aryl methyl sites for hydroxylation is 2. The van der Waals surface area contributed by atoms with Crippen LogP contribution in [0.15, 0.2) is 77.4 Å². The van der Waals surface area contributed by atoms with Crippen molar-refractivity contribution in [3.8, 4) is 28.1 Å². The summed E-state index contributed by atoms with van der Waals surface area (Å²) in [6.45, 7) is 8.71. The molecular formula is C31H28N2O4. The second-order valence-corrected chi connectivity index (χ2v) is 9.55. The predicted octanol–water partition coefficient (Wildman–Crippen LogP) is 7.57. The standard InChI is InChI=1S/C31H28N2O4/c1-18(2)30-26(29(33-37-30)28-19(3)6-5-7-20(28)4)17-36-25-12-10-21(11-13-25)22-8-9-23-15-27(31(34)35)32-16-24(23)14-22/h5-16,18H,17H2,1-4H3,(H,34,35). The molecule has 0 aliphatic rings. The molecule has 0 radical (unpaired) electrons. The van der Waals surface area contributed by atoms with Crippen molar-refractivity contribution < 1.29 is 19.2 Å². The number of benzene rings is 3. The summed E-state index contributed by atoms with van der Waals surface area (Å²) in [7, 11) is 0. The first kappa shape index (κ1) is 24.3. The Bertz CT molecular complexity index is 1580. The molecule has 2 aromatic heterocycles. The van der Waals surface area contributed by atoms with Crippen LogP contribution in [0.25, 0.3) is 33.2 Å². The number of pyridine rings is 1. The largest absolute Gasteiger partial charge is 0.489 e. The van der Waals surface area contributed by atoms with E-state index in [1.807, 2.05) is 42.5 Å². The van der Waals surface area contributed by atoms with Gasteiger partial charge in [-0.05, 0) is 65.8 Å². The van der Waals surface area contributed by atoms with E-state index in [9.17, 15) is 4.79 Å².